The van der Waals surface area contributed by atoms with Gasteiger partial charge in [-0.05, 0) is 19.3 Å². The van der Waals surface area contributed by atoms with Gasteiger partial charge in [0.2, 0.25) is 0 Å². The molecule has 0 amide bonds. The predicted molar refractivity (Wildman–Crippen MR) is 64.3 cm³/mol. The van der Waals surface area contributed by atoms with Crippen LogP contribution in [0.1, 0.15) is 39.0 Å². The molecule has 1 unspecified atom stereocenters. The Morgan fingerprint density at radius 2 is 1.74 bits per heavy atom. The Labute approximate surface area is 111 Å². The molecule has 0 saturated carbocycles. The van der Waals surface area contributed by atoms with Gasteiger partial charge in [-0.1, -0.05) is 0 Å². The van der Waals surface area contributed by atoms with E-state index in [4.69, 9.17) is 9.84 Å². The smallest absolute Gasteiger partial charge is 0.305 e. The molecular weight excluding hydrogens is 256 g/mol. The number of carboxylic acids is 1. The summed E-state index contributed by atoms with van der Waals surface area (Å²) in [6.07, 6.45) is 0.0126. The van der Waals surface area contributed by atoms with E-state index in [2.05, 4.69) is 4.74 Å². The topological polar surface area (TPSA) is 110 Å². The molecule has 7 nitrogen and oxygen atoms in total. The highest BCUT2D eigenvalue weighted by Crippen LogP contribution is 2.03. The summed E-state index contributed by atoms with van der Waals surface area (Å²) in [5.41, 5.74) is 0. The van der Waals surface area contributed by atoms with Gasteiger partial charge in [-0.2, -0.15) is 0 Å². The van der Waals surface area contributed by atoms with Crippen molar-refractivity contribution in [3.8, 4) is 0 Å². The number of carbonyl (C=O) groups is 3. The molecule has 0 aromatic heterocycles. The highest BCUT2D eigenvalue weighted by atomic mass is 16.5. The summed E-state index contributed by atoms with van der Waals surface area (Å²) < 4.78 is 9.52. The fourth-order valence-corrected chi connectivity index (χ4v) is 1.31. The largest absolute Gasteiger partial charge is 0.481 e. The van der Waals surface area contributed by atoms with Crippen LogP contribution < -0.4 is 0 Å². The van der Waals surface area contributed by atoms with Crippen molar-refractivity contribution in [2.75, 3.05) is 13.2 Å². The lowest BCUT2D eigenvalue weighted by Gasteiger charge is -2.08. The van der Waals surface area contributed by atoms with Crippen LogP contribution in [-0.4, -0.2) is 47.4 Å². The first kappa shape index (κ1) is 17.4. The zero-order chi connectivity index (χ0) is 14.7. The molecular formula is C12H20O7. The number of aliphatic carboxylic acids is 1. The number of ether oxygens (including phenoxy) is 2. The van der Waals surface area contributed by atoms with Crippen LogP contribution in [0.25, 0.3) is 0 Å². The summed E-state index contributed by atoms with van der Waals surface area (Å²) in [5, 5.41) is 17.6. The Bertz CT molecular complexity index is 300. The quantitative estimate of drug-likeness (QED) is 0.441. The zero-order valence-electron chi connectivity index (χ0n) is 11.0. The Morgan fingerprint density at radius 3 is 2.32 bits per heavy atom. The predicted octanol–water partition coefficient (Wildman–Crippen LogP) is 0.489. The van der Waals surface area contributed by atoms with E-state index in [1.807, 2.05) is 0 Å². The van der Waals surface area contributed by atoms with Crippen molar-refractivity contribution in [2.45, 2.75) is 45.1 Å². The van der Waals surface area contributed by atoms with E-state index in [0.717, 1.165) is 0 Å². The minimum absolute atomic E-state index is 0.142. The third kappa shape index (κ3) is 12.6. The Balaban J connectivity index is 3.43. The van der Waals surface area contributed by atoms with Gasteiger partial charge in [0.15, 0.2) is 0 Å². The van der Waals surface area contributed by atoms with Crippen LogP contribution in [0.4, 0.5) is 0 Å². The average molecular weight is 276 g/mol. The minimum Gasteiger partial charge on any atom is -0.481 e. The second kappa shape index (κ2) is 10.3. The number of hydrogen-bond acceptors (Lipinski definition) is 6. The molecule has 0 saturated heterocycles. The third-order valence-electron chi connectivity index (χ3n) is 2.19. The maximum atomic E-state index is 11.2. The van der Waals surface area contributed by atoms with Crippen molar-refractivity contribution in [2.24, 2.45) is 0 Å². The highest BCUT2D eigenvalue weighted by Gasteiger charge is 2.09. The van der Waals surface area contributed by atoms with E-state index in [0.29, 0.717) is 12.8 Å². The molecule has 0 aliphatic heterocycles. The SMILES string of the molecule is CC(=O)OCCCC(=O)OCCCC(O)CC(=O)O. The lowest BCUT2D eigenvalue weighted by Crippen LogP contribution is -2.14. The van der Waals surface area contributed by atoms with Gasteiger partial charge in [0.25, 0.3) is 0 Å². The van der Waals surface area contributed by atoms with E-state index in [-0.39, 0.29) is 38.4 Å². The van der Waals surface area contributed by atoms with Gasteiger partial charge >= 0.3 is 17.9 Å². The highest BCUT2D eigenvalue weighted by molar-refractivity contribution is 5.69. The Hall–Kier alpha value is -1.63. The first-order chi connectivity index (χ1) is 8.91. The van der Waals surface area contributed by atoms with Gasteiger partial charge in [-0.25, -0.2) is 0 Å². The van der Waals surface area contributed by atoms with Crippen LogP contribution in [-0.2, 0) is 23.9 Å². The molecule has 0 fully saturated rings. The summed E-state index contributed by atoms with van der Waals surface area (Å²) in [4.78, 5) is 31.9. The van der Waals surface area contributed by atoms with Gasteiger partial charge in [0.05, 0.1) is 25.7 Å². The second-order valence-electron chi connectivity index (χ2n) is 4.06. The number of esters is 2. The van der Waals surface area contributed by atoms with Gasteiger partial charge in [-0.15, -0.1) is 0 Å². The molecule has 0 aromatic rings. The van der Waals surface area contributed by atoms with Crippen molar-refractivity contribution >= 4 is 17.9 Å². The maximum Gasteiger partial charge on any atom is 0.305 e. The Morgan fingerprint density at radius 1 is 1.11 bits per heavy atom. The molecule has 0 aromatic carbocycles. The lowest BCUT2D eigenvalue weighted by atomic mass is 10.1. The molecule has 1 atom stereocenters. The van der Waals surface area contributed by atoms with Crippen molar-refractivity contribution in [1.82, 2.24) is 0 Å². The minimum atomic E-state index is -1.06. The summed E-state index contributed by atoms with van der Waals surface area (Å²) in [5.74, 6) is -1.85. The Kier molecular flexibility index (Phi) is 9.42. The zero-order valence-corrected chi connectivity index (χ0v) is 11.0. The van der Waals surface area contributed by atoms with Crippen LogP contribution in [0.2, 0.25) is 0 Å². The summed E-state index contributed by atoms with van der Waals surface area (Å²) in [6, 6.07) is 0. The third-order valence-corrected chi connectivity index (χ3v) is 2.19. The number of aliphatic hydroxyl groups excluding tert-OH is 1. The number of aliphatic hydroxyl groups is 1. The first-order valence-electron chi connectivity index (χ1n) is 6.10. The standard InChI is InChI=1S/C12H20O7/c1-9(13)18-6-3-5-12(17)19-7-2-4-10(14)8-11(15)16/h10,14H,2-8H2,1H3,(H,15,16). The van der Waals surface area contributed by atoms with Crippen molar-refractivity contribution in [1.29, 1.82) is 0 Å². The maximum absolute atomic E-state index is 11.2. The normalized spacial score (nSPS) is 11.7. The molecule has 0 bridgehead atoms. The second-order valence-corrected chi connectivity index (χ2v) is 4.06. The van der Waals surface area contributed by atoms with Crippen LogP contribution >= 0.6 is 0 Å². The van der Waals surface area contributed by atoms with E-state index in [9.17, 15) is 19.5 Å². The van der Waals surface area contributed by atoms with Gasteiger partial charge in [-0.3, -0.25) is 14.4 Å². The fraction of sp³-hybridized carbons (Fsp3) is 0.750. The number of carboxylic acid groups (broad SMARTS) is 1. The number of rotatable bonds is 10. The summed E-state index contributed by atoms with van der Waals surface area (Å²) in [6.45, 7) is 1.62. The van der Waals surface area contributed by atoms with E-state index in [1.165, 1.54) is 6.92 Å². The molecule has 0 heterocycles. The molecule has 0 rings (SSSR count). The molecule has 2 N–H and O–H groups in total. The monoisotopic (exact) mass is 276 g/mol. The summed E-state index contributed by atoms with van der Waals surface area (Å²) >= 11 is 0. The molecule has 0 spiro atoms. The fourth-order valence-electron chi connectivity index (χ4n) is 1.31. The first-order valence-corrected chi connectivity index (χ1v) is 6.10. The van der Waals surface area contributed by atoms with Crippen LogP contribution in [0.5, 0.6) is 0 Å². The van der Waals surface area contributed by atoms with Crippen LogP contribution in [0, 0.1) is 0 Å². The molecule has 110 valence electrons. The lowest BCUT2D eigenvalue weighted by molar-refractivity contribution is -0.146. The summed E-state index contributed by atoms with van der Waals surface area (Å²) in [7, 11) is 0. The van der Waals surface area contributed by atoms with Crippen LogP contribution in [0.3, 0.4) is 0 Å². The van der Waals surface area contributed by atoms with E-state index in [1.54, 1.807) is 0 Å². The molecule has 0 radical (unpaired) electrons. The van der Waals surface area contributed by atoms with Gasteiger partial charge < -0.3 is 19.7 Å². The molecule has 7 heteroatoms. The van der Waals surface area contributed by atoms with Gasteiger partial charge in [0.1, 0.15) is 0 Å². The van der Waals surface area contributed by atoms with E-state index >= 15 is 0 Å². The number of hydrogen-bond donors (Lipinski definition) is 2. The molecule has 0 aliphatic rings. The van der Waals surface area contributed by atoms with Crippen molar-refractivity contribution in [3.05, 3.63) is 0 Å². The van der Waals surface area contributed by atoms with E-state index < -0.39 is 18.0 Å². The van der Waals surface area contributed by atoms with Gasteiger partial charge in [0, 0.05) is 13.3 Å². The number of carbonyl (C=O) groups excluding carboxylic acids is 2. The van der Waals surface area contributed by atoms with Crippen molar-refractivity contribution in [3.63, 3.8) is 0 Å². The average Bonchev–Trinajstić information content (AvgIpc) is 2.29. The van der Waals surface area contributed by atoms with Crippen LogP contribution in [0.15, 0.2) is 0 Å². The molecule has 19 heavy (non-hydrogen) atoms. The van der Waals surface area contributed by atoms with Crippen molar-refractivity contribution < 1.29 is 34.1 Å². The molecule has 0 aliphatic carbocycles.